The fourth-order valence-corrected chi connectivity index (χ4v) is 6.47. The SMILES string of the molecule is CC(=O)N1c2ccc(S(=O)(=O)N3CCCC3)cc2C[C@H]1C(=O)NCCCN1CCCC1. The van der Waals surface area contributed by atoms with Crippen molar-refractivity contribution in [2.45, 2.75) is 56.4 Å². The summed E-state index contributed by atoms with van der Waals surface area (Å²) in [6.07, 6.45) is 5.45. The van der Waals surface area contributed by atoms with Gasteiger partial charge in [-0.3, -0.25) is 14.5 Å². The van der Waals surface area contributed by atoms with E-state index >= 15 is 0 Å². The van der Waals surface area contributed by atoms with E-state index in [9.17, 15) is 18.0 Å². The van der Waals surface area contributed by atoms with E-state index in [1.165, 1.54) is 29.0 Å². The van der Waals surface area contributed by atoms with E-state index in [1.807, 2.05) is 0 Å². The number of carbonyl (C=O) groups is 2. The maximum Gasteiger partial charge on any atom is 0.243 e. The summed E-state index contributed by atoms with van der Waals surface area (Å²) >= 11 is 0. The van der Waals surface area contributed by atoms with E-state index in [1.54, 1.807) is 18.2 Å². The van der Waals surface area contributed by atoms with Gasteiger partial charge in [0.15, 0.2) is 0 Å². The second kappa shape index (κ2) is 9.26. The Hall–Kier alpha value is -1.97. The van der Waals surface area contributed by atoms with Crippen molar-refractivity contribution in [3.8, 4) is 0 Å². The third-order valence-corrected chi connectivity index (χ3v) is 8.42. The molecule has 1 atom stereocenters. The molecular formula is C22H32N4O4S. The van der Waals surface area contributed by atoms with Gasteiger partial charge >= 0.3 is 0 Å². The Morgan fingerprint density at radius 3 is 2.42 bits per heavy atom. The molecule has 0 radical (unpaired) electrons. The van der Waals surface area contributed by atoms with Crippen LogP contribution in [0.4, 0.5) is 5.69 Å². The van der Waals surface area contributed by atoms with Crippen LogP contribution in [0.15, 0.2) is 23.1 Å². The highest BCUT2D eigenvalue weighted by atomic mass is 32.2. The van der Waals surface area contributed by atoms with Gasteiger partial charge < -0.3 is 10.2 Å². The number of rotatable bonds is 7. The van der Waals surface area contributed by atoms with Crippen LogP contribution in [-0.2, 0) is 26.0 Å². The van der Waals surface area contributed by atoms with Crippen molar-refractivity contribution < 1.29 is 18.0 Å². The molecule has 170 valence electrons. The molecule has 1 aromatic carbocycles. The molecule has 0 spiro atoms. The summed E-state index contributed by atoms with van der Waals surface area (Å²) in [4.78, 5) is 29.3. The maximum absolute atomic E-state index is 12.9. The molecule has 2 saturated heterocycles. The second-order valence-electron chi connectivity index (χ2n) is 8.70. The molecular weight excluding hydrogens is 416 g/mol. The first-order chi connectivity index (χ1) is 14.9. The van der Waals surface area contributed by atoms with Crippen LogP contribution in [-0.4, -0.2) is 74.7 Å². The van der Waals surface area contributed by atoms with Crippen LogP contribution in [0, 0.1) is 0 Å². The van der Waals surface area contributed by atoms with Gasteiger partial charge in [0.2, 0.25) is 21.8 Å². The number of likely N-dealkylation sites (tertiary alicyclic amines) is 1. The molecule has 31 heavy (non-hydrogen) atoms. The molecule has 3 aliphatic rings. The summed E-state index contributed by atoms with van der Waals surface area (Å²) in [5.74, 6) is -0.400. The standard InChI is InChI=1S/C22H32N4O4S/c1-17(27)26-20-8-7-19(31(29,30)25-13-4-5-14-25)15-18(20)16-21(26)22(28)23-9-6-12-24-10-2-3-11-24/h7-8,15,21H,2-6,9-14,16H2,1H3,(H,23,28)/t21-/m0/s1. The monoisotopic (exact) mass is 448 g/mol. The normalized spacial score (nSPS) is 22.1. The maximum atomic E-state index is 12.9. The van der Waals surface area contributed by atoms with Crippen LogP contribution < -0.4 is 10.2 Å². The molecule has 3 aliphatic heterocycles. The molecule has 0 aromatic heterocycles. The number of anilines is 1. The molecule has 0 bridgehead atoms. The summed E-state index contributed by atoms with van der Waals surface area (Å²) in [6.45, 7) is 6.34. The van der Waals surface area contributed by atoms with Crippen LogP contribution in [0.25, 0.3) is 0 Å². The van der Waals surface area contributed by atoms with Gasteiger partial charge in [0.05, 0.1) is 4.90 Å². The Morgan fingerprint density at radius 1 is 1.06 bits per heavy atom. The molecule has 0 unspecified atom stereocenters. The molecule has 3 heterocycles. The Bertz CT molecular complexity index is 937. The molecule has 4 rings (SSSR count). The molecule has 0 saturated carbocycles. The zero-order valence-electron chi connectivity index (χ0n) is 18.2. The predicted molar refractivity (Wildman–Crippen MR) is 118 cm³/mol. The minimum Gasteiger partial charge on any atom is -0.354 e. The van der Waals surface area contributed by atoms with Gasteiger partial charge in [-0.25, -0.2) is 8.42 Å². The van der Waals surface area contributed by atoms with Crippen molar-refractivity contribution >= 4 is 27.5 Å². The summed E-state index contributed by atoms with van der Waals surface area (Å²) in [6, 6.07) is 4.22. The summed E-state index contributed by atoms with van der Waals surface area (Å²) in [5, 5.41) is 2.97. The number of benzene rings is 1. The van der Waals surface area contributed by atoms with Gasteiger partial charge in [-0.05, 0) is 75.5 Å². The highest BCUT2D eigenvalue weighted by Crippen LogP contribution is 2.35. The molecule has 9 heteroatoms. The molecule has 0 aliphatic carbocycles. The first-order valence-corrected chi connectivity index (χ1v) is 12.7. The Kier molecular flexibility index (Phi) is 6.64. The molecule has 2 fully saturated rings. The highest BCUT2D eigenvalue weighted by Gasteiger charge is 2.38. The largest absolute Gasteiger partial charge is 0.354 e. The number of hydrogen-bond donors (Lipinski definition) is 1. The molecule has 1 aromatic rings. The van der Waals surface area contributed by atoms with Gasteiger partial charge in [-0.2, -0.15) is 4.31 Å². The highest BCUT2D eigenvalue weighted by molar-refractivity contribution is 7.89. The Balaban J connectivity index is 1.44. The van der Waals surface area contributed by atoms with E-state index in [4.69, 9.17) is 0 Å². The first kappa shape index (κ1) is 22.2. The fourth-order valence-electron chi connectivity index (χ4n) is 4.90. The van der Waals surface area contributed by atoms with E-state index in [-0.39, 0.29) is 16.7 Å². The van der Waals surface area contributed by atoms with Gasteiger partial charge in [0.1, 0.15) is 6.04 Å². The van der Waals surface area contributed by atoms with Crippen LogP contribution in [0.5, 0.6) is 0 Å². The minimum absolute atomic E-state index is 0.184. The molecule has 8 nitrogen and oxygen atoms in total. The van der Waals surface area contributed by atoms with E-state index in [0.29, 0.717) is 31.7 Å². The third kappa shape index (κ3) is 4.63. The van der Waals surface area contributed by atoms with Gasteiger partial charge in [0, 0.05) is 38.7 Å². The lowest BCUT2D eigenvalue weighted by Gasteiger charge is -2.24. The lowest BCUT2D eigenvalue weighted by molar-refractivity contribution is -0.125. The zero-order chi connectivity index (χ0) is 22.0. The zero-order valence-corrected chi connectivity index (χ0v) is 19.0. The molecule has 2 amide bonds. The van der Waals surface area contributed by atoms with Crippen LogP contribution >= 0.6 is 0 Å². The minimum atomic E-state index is -3.54. The van der Waals surface area contributed by atoms with Gasteiger partial charge in [-0.1, -0.05) is 0 Å². The first-order valence-electron chi connectivity index (χ1n) is 11.3. The Morgan fingerprint density at radius 2 is 1.74 bits per heavy atom. The van der Waals surface area contributed by atoms with Crippen molar-refractivity contribution in [2.75, 3.05) is 44.2 Å². The fraction of sp³-hybridized carbons (Fsp3) is 0.636. The average molecular weight is 449 g/mol. The summed E-state index contributed by atoms with van der Waals surface area (Å²) in [7, 11) is -3.54. The number of nitrogens with one attached hydrogen (secondary N) is 1. The second-order valence-corrected chi connectivity index (χ2v) is 10.6. The quantitative estimate of drug-likeness (QED) is 0.636. The van der Waals surface area contributed by atoms with Crippen molar-refractivity contribution in [2.24, 2.45) is 0 Å². The van der Waals surface area contributed by atoms with Crippen molar-refractivity contribution in [3.63, 3.8) is 0 Å². The number of sulfonamides is 1. The summed E-state index contributed by atoms with van der Waals surface area (Å²) in [5.41, 5.74) is 1.36. The van der Waals surface area contributed by atoms with Crippen molar-refractivity contribution in [1.29, 1.82) is 0 Å². The third-order valence-electron chi connectivity index (χ3n) is 6.53. The molecule has 1 N–H and O–H groups in total. The number of nitrogens with zero attached hydrogens (tertiary/aromatic N) is 3. The predicted octanol–water partition coefficient (Wildman–Crippen LogP) is 1.35. The van der Waals surface area contributed by atoms with Gasteiger partial charge in [-0.15, -0.1) is 0 Å². The number of hydrogen-bond acceptors (Lipinski definition) is 5. The van der Waals surface area contributed by atoms with Gasteiger partial charge in [0.25, 0.3) is 0 Å². The number of amides is 2. The van der Waals surface area contributed by atoms with Crippen LogP contribution in [0.2, 0.25) is 0 Å². The van der Waals surface area contributed by atoms with E-state index < -0.39 is 16.1 Å². The average Bonchev–Trinajstić information content (AvgIpc) is 3.50. The topological polar surface area (TPSA) is 90.0 Å². The lowest BCUT2D eigenvalue weighted by atomic mass is 10.1. The van der Waals surface area contributed by atoms with Crippen LogP contribution in [0.1, 0.15) is 44.6 Å². The Labute approximate surface area is 184 Å². The van der Waals surface area contributed by atoms with Crippen LogP contribution in [0.3, 0.4) is 0 Å². The van der Waals surface area contributed by atoms with E-state index in [2.05, 4.69) is 10.2 Å². The smallest absolute Gasteiger partial charge is 0.243 e. The number of fused-ring (bicyclic) bond motifs is 1. The summed E-state index contributed by atoms with van der Waals surface area (Å²) < 4.78 is 27.3. The number of carbonyl (C=O) groups excluding carboxylic acids is 2. The lowest BCUT2D eigenvalue weighted by Crippen LogP contribution is -2.47. The van der Waals surface area contributed by atoms with Crippen molar-refractivity contribution in [3.05, 3.63) is 23.8 Å². The van der Waals surface area contributed by atoms with Crippen molar-refractivity contribution in [1.82, 2.24) is 14.5 Å². The van der Waals surface area contributed by atoms with E-state index in [0.717, 1.165) is 44.5 Å².